The van der Waals surface area contributed by atoms with Crippen molar-refractivity contribution < 1.29 is 14.6 Å². The summed E-state index contributed by atoms with van der Waals surface area (Å²) in [4.78, 5) is 12.3. The van der Waals surface area contributed by atoms with Crippen molar-refractivity contribution in [2.75, 3.05) is 13.2 Å². The van der Waals surface area contributed by atoms with E-state index in [0.717, 1.165) is 9.40 Å². The summed E-state index contributed by atoms with van der Waals surface area (Å²) in [6.07, 6.45) is 0. The maximum atomic E-state index is 11.7. The van der Waals surface area contributed by atoms with Crippen LogP contribution in [0.2, 0.25) is 0 Å². The quantitative estimate of drug-likeness (QED) is 0.748. The molecule has 0 saturated carbocycles. The van der Waals surface area contributed by atoms with Crippen LogP contribution in [-0.4, -0.2) is 24.3 Å². The number of thiophene rings is 2. The largest absolute Gasteiger partial charge is 0.459 e. The van der Waals surface area contributed by atoms with Gasteiger partial charge in [-0.25, -0.2) is 4.79 Å². The lowest BCUT2D eigenvalue weighted by molar-refractivity contribution is 0.0439. The standard InChI is InChI=1S/C13H10O3S2/c14-5-6-16-13(15)11-7-10-12(18-11)8-3-1-2-4-9(8)17-10/h1-4,7,14H,5-6H2. The van der Waals surface area contributed by atoms with Crippen LogP contribution in [0.3, 0.4) is 0 Å². The Kier molecular flexibility index (Phi) is 3.03. The second kappa shape index (κ2) is 4.68. The summed E-state index contributed by atoms with van der Waals surface area (Å²) in [5, 5.41) is 9.82. The Morgan fingerprint density at radius 3 is 2.89 bits per heavy atom. The molecule has 18 heavy (non-hydrogen) atoms. The zero-order valence-electron chi connectivity index (χ0n) is 9.38. The predicted molar refractivity (Wildman–Crippen MR) is 74.6 cm³/mol. The van der Waals surface area contributed by atoms with Crippen molar-refractivity contribution in [3.63, 3.8) is 0 Å². The van der Waals surface area contributed by atoms with Gasteiger partial charge in [0.15, 0.2) is 0 Å². The topological polar surface area (TPSA) is 46.5 Å². The molecule has 2 aromatic heterocycles. The average Bonchev–Trinajstić information content (AvgIpc) is 2.93. The first kappa shape index (κ1) is 11.6. The summed E-state index contributed by atoms with van der Waals surface area (Å²) in [7, 11) is 0. The molecule has 3 rings (SSSR count). The highest BCUT2D eigenvalue weighted by Crippen LogP contribution is 2.39. The van der Waals surface area contributed by atoms with E-state index in [2.05, 4.69) is 12.1 Å². The summed E-state index contributed by atoms with van der Waals surface area (Å²) in [5.74, 6) is -0.360. The van der Waals surface area contributed by atoms with Gasteiger partial charge in [-0.2, -0.15) is 0 Å². The van der Waals surface area contributed by atoms with Gasteiger partial charge in [0.2, 0.25) is 0 Å². The summed E-state index contributed by atoms with van der Waals surface area (Å²) in [5.41, 5.74) is 0. The Labute approximate surface area is 111 Å². The fourth-order valence-electron chi connectivity index (χ4n) is 1.81. The lowest BCUT2D eigenvalue weighted by Crippen LogP contribution is -2.06. The summed E-state index contributed by atoms with van der Waals surface area (Å²) in [6.45, 7) is -0.0977. The van der Waals surface area contributed by atoms with Gasteiger partial charge >= 0.3 is 5.97 Å². The first-order valence-corrected chi connectivity index (χ1v) is 7.12. The van der Waals surface area contributed by atoms with E-state index in [1.807, 2.05) is 18.2 Å². The van der Waals surface area contributed by atoms with Crippen LogP contribution in [0.15, 0.2) is 30.3 Å². The Balaban J connectivity index is 2.04. The number of ether oxygens (including phenoxy) is 1. The monoisotopic (exact) mass is 278 g/mol. The van der Waals surface area contributed by atoms with Gasteiger partial charge in [0.25, 0.3) is 0 Å². The molecule has 0 atom stereocenters. The van der Waals surface area contributed by atoms with Crippen molar-refractivity contribution in [1.82, 2.24) is 0 Å². The van der Waals surface area contributed by atoms with Gasteiger partial charge in [-0.15, -0.1) is 22.7 Å². The van der Waals surface area contributed by atoms with Crippen molar-refractivity contribution in [2.45, 2.75) is 0 Å². The van der Waals surface area contributed by atoms with Crippen molar-refractivity contribution in [1.29, 1.82) is 0 Å². The molecule has 0 fully saturated rings. The van der Waals surface area contributed by atoms with E-state index in [-0.39, 0.29) is 19.2 Å². The molecule has 92 valence electrons. The van der Waals surface area contributed by atoms with Gasteiger partial charge < -0.3 is 9.84 Å². The second-order valence-corrected chi connectivity index (χ2v) is 5.90. The van der Waals surface area contributed by atoms with Crippen LogP contribution in [0.4, 0.5) is 0 Å². The number of aliphatic hydroxyl groups excluding tert-OH is 1. The number of carbonyl (C=O) groups is 1. The number of esters is 1. The lowest BCUT2D eigenvalue weighted by atomic mass is 10.2. The number of rotatable bonds is 3. The molecule has 2 heterocycles. The highest BCUT2D eigenvalue weighted by molar-refractivity contribution is 7.33. The first-order valence-electron chi connectivity index (χ1n) is 5.48. The van der Waals surface area contributed by atoms with Crippen LogP contribution in [-0.2, 0) is 4.74 Å². The zero-order chi connectivity index (χ0) is 12.5. The van der Waals surface area contributed by atoms with Crippen LogP contribution in [0, 0.1) is 0 Å². The van der Waals surface area contributed by atoms with E-state index in [1.54, 1.807) is 11.3 Å². The van der Waals surface area contributed by atoms with E-state index in [0.29, 0.717) is 4.88 Å². The van der Waals surface area contributed by atoms with Crippen molar-refractivity contribution >= 4 is 48.1 Å². The van der Waals surface area contributed by atoms with Gasteiger partial charge in [-0.05, 0) is 12.1 Å². The van der Waals surface area contributed by atoms with Crippen LogP contribution in [0.5, 0.6) is 0 Å². The molecule has 0 aliphatic rings. The van der Waals surface area contributed by atoms with Crippen molar-refractivity contribution in [3.8, 4) is 0 Å². The summed E-state index contributed by atoms with van der Waals surface area (Å²) in [6, 6.07) is 10.0. The average molecular weight is 278 g/mol. The number of benzene rings is 1. The first-order chi connectivity index (χ1) is 8.79. The molecule has 1 aromatic carbocycles. The fraction of sp³-hybridized carbons (Fsp3) is 0.154. The Morgan fingerprint density at radius 2 is 2.06 bits per heavy atom. The molecule has 0 unspecified atom stereocenters. The maximum Gasteiger partial charge on any atom is 0.348 e. The number of aliphatic hydroxyl groups is 1. The molecule has 0 spiro atoms. The van der Waals surface area contributed by atoms with Gasteiger partial charge in [0.1, 0.15) is 11.5 Å². The van der Waals surface area contributed by atoms with Crippen molar-refractivity contribution in [2.24, 2.45) is 0 Å². The zero-order valence-corrected chi connectivity index (χ0v) is 11.0. The van der Waals surface area contributed by atoms with Gasteiger partial charge in [-0.1, -0.05) is 18.2 Å². The maximum absolute atomic E-state index is 11.7. The molecule has 3 aromatic rings. The van der Waals surface area contributed by atoms with E-state index in [1.165, 1.54) is 21.4 Å². The molecule has 0 aliphatic heterocycles. The van der Waals surface area contributed by atoms with E-state index in [9.17, 15) is 4.79 Å². The highest BCUT2D eigenvalue weighted by Gasteiger charge is 2.14. The highest BCUT2D eigenvalue weighted by atomic mass is 32.1. The molecule has 0 aliphatic carbocycles. The van der Waals surface area contributed by atoms with Crippen LogP contribution in [0.25, 0.3) is 19.5 Å². The number of fused-ring (bicyclic) bond motifs is 3. The minimum atomic E-state index is -0.360. The second-order valence-electron chi connectivity index (χ2n) is 3.76. The molecule has 0 saturated heterocycles. The normalized spacial score (nSPS) is 11.2. The van der Waals surface area contributed by atoms with E-state index >= 15 is 0 Å². The van der Waals surface area contributed by atoms with Crippen LogP contribution < -0.4 is 0 Å². The van der Waals surface area contributed by atoms with E-state index in [4.69, 9.17) is 9.84 Å². The Bertz CT molecular complexity index is 711. The smallest absolute Gasteiger partial charge is 0.348 e. The molecular weight excluding hydrogens is 268 g/mol. The third kappa shape index (κ3) is 1.90. The lowest BCUT2D eigenvalue weighted by Gasteiger charge is -1.98. The molecule has 0 radical (unpaired) electrons. The summed E-state index contributed by atoms with van der Waals surface area (Å²) < 4.78 is 8.38. The SMILES string of the molecule is O=C(OCCO)c1cc2sc3ccccc3c2s1. The molecular formula is C13H10O3S2. The van der Waals surface area contributed by atoms with Gasteiger partial charge in [-0.3, -0.25) is 0 Å². The Hall–Kier alpha value is -1.43. The van der Waals surface area contributed by atoms with Crippen molar-refractivity contribution in [3.05, 3.63) is 35.2 Å². The van der Waals surface area contributed by atoms with Crippen LogP contribution >= 0.6 is 22.7 Å². The minimum Gasteiger partial charge on any atom is -0.459 e. The molecule has 3 nitrogen and oxygen atoms in total. The molecule has 0 amide bonds. The Morgan fingerprint density at radius 1 is 1.22 bits per heavy atom. The minimum absolute atomic E-state index is 0.0468. The number of hydrogen-bond donors (Lipinski definition) is 1. The third-order valence-electron chi connectivity index (χ3n) is 2.58. The molecule has 1 N–H and O–H groups in total. The molecule has 5 heteroatoms. The molecule has 0 bridgehead atoms. The predicted octanol–water partition coefficient (Wildman–Crippen LogP) is 3.27. The van der Waals surface area contributed by atoms with Gasteiger partial charge in [0, 0.05) is 14.8 Å². The number of carbonyl (C=O) groups excluding carboxylic acids is 1. The van der Waals surface area contributed by atoms with Gasteiger partial charge in [0.05, 0.1) is 11.3 Å². The number of hydrogen-bond acceptors (Lipinski definition) is 5. The summed E-state index contributed by atoms with van der Waals surface area (Å²) >= 11 is 3.12. The third-order valence-corrected chi connectivity index (χ3v) is 4.97. The van der Waals surface area contributed by atoms with Crippen LogP contribution in [0.1, 0.15) is 9.67 Å². The fourth-order valence-corrected chi connectivity index (χ4v) is 4.23. The van der Waals surface area contributed by atoms with E-state index < -0.39 is 0 Å².